The number of ketones is 1. The minimum absolute atomic E-state index is 0.134. The normalized spacial score (nSPS) is 21.5. The summed E-state index contributed by atoms with van der Waals surface area (Å²) in [6.07, 6.45) is 1.29. The molecule has 1 atom stereocenters. The van der Waals surface area contributed by atoms with E-state index in [0.29, 0.717) is 19.5 Å². The molecule has 1 fully saturated rings. The molecule has 0 N–H and O–H groups in total. The van der Waals surface area contributed by atoms with Crippen LogP contribution in [-0.4, -0.2) is 30.2 Å². The average Bonchev–Trinajstić information content (AvgIpc) is 2.31. The number of carbonyl (C=O) groups excluding carboxylic acids is 2. The first kappa shape index (κ1) is 9.90. The zero-order valence-corrected chi connectivity index (χ0v) is 8.43. The number of likely N-dealkylation sites (tertiary alicyclic amines) is 1. The lowest BCUT2D eigenvalue weighted by Gasteiger charge is -2.28. The summed E-state index contributed by atoms with van der Waals surface area (Å²) in [6, 6.07) is 9.65. The molecule has 3 heteroatoms. The third kappa shape index (κ3) is 2.06. The van der Waals surface area contributed by atoms with Crippen molar-refractivity contribution in [3.8, 4) is 0 Å². The van der Waals surface area contributed by atoms with Gasteiger partial charge in [-0.2, -0.15) is 0 Å². The number of hydrogen-bond donors (Lipinski definition) is 0. The lowest BCUT2D eigenvalue weighted by Crippen LogP contribution is -2.38. The van der Waals surface area contributed by atoms with Crippen LogP contribution in [0.5, 0.6) is 0 Å². The maximum Gasteiger partial charge on any atom is 0.209 e. The Morgan fingerprint density at radius 2 is 2.00 bits per heavy atom. The summed E-state index contributed by atoms with van der Waals surface area (Å²) in [4.78, 5) is 24.0. The smallest absolute Gasteiger partial charge is 0.209 e. The topological polar surface area (TPSA) is 37.4 Å². The molecule has 1 aliphatic rings. The summed E-state index contributed by atoms with van der Waals surface area (Å²) in [5.74, 6) is 0.101. The Hall–Kier alpha value is -1.64. The van der Waals surface area contributed by atoms with E-state index in [1.54, 1.807) is 4.90 Å². The largest absolute Gasteiger partial charge is 0.344 e. The van der Waals surface area contributed by atoms with Crippen LogP contribution < -0.4 is 0 Å². The van der Waals surface area contributed by atoms with E-state index in [4.69, 9.17) is 0 Å². The van der Waals surface area contributed by atoms with Crippen molar-refractivity contribution >= 4 is 12.2 Å². The Morgan fingerprint density at radius 3 is 2.67 bits per heavy atom. The molecule has 1 heterocycles. The molecule has 0 aliphatic carbocycles. The first-order valence-corrected chi connectivity index (χ1v) is 5.08. The molecule has 0 bridgehead atoms. The van der Waals surface area contributed by atoms with Gasteiger partial charge in [0.25, 0.3) is 0 Å². The van der Waals surface area contributed by atoms with Crippen molar-refractivity contribution in [2.45, 2.75) is 12.3 Å². The SMILES string of the molecule is O=CN1CCC(=O)C(c2ccccc2)C1. The monoisotopic (exact) mass is 203 g/mol. The maximum absolute atomic E-state index is 11.7. The zero-order valence-electron chi connectivity index (χ0n) is 8.43. The summed E-state index contributed by atoms with van der Waals surface area (Å²) >= 11 is 0. The van der Waals surface area contributed by atoms with Crippen molar-refractivity contribution in [1.82, 2.24) is 4.90 Å². The number of carbonyl (C=O) groups is 2. The van der Waals surface area contributed by atoms with Crippen LogP contribution in [0.4, 0.5) is 0 Å². The Labute approximate surface area is 88.7 Å². The lowest BCUT2D eigenvalue weighted by atomic mass is 9.90. The first-order chi connectivity index (χ1) is 7.31. The molecule has 1 saturated heterocycles. The van der Waals surface area contributed by atoms with E-state index in [2.05, 4.69) is 0 Å². The van der Waals surface area contributed by atoms with Crippen molar-refractivity contribution in [3.63, 3.8) is 0 Å². The molecule has 0 spiro atoms. The van der Waals surface area contributed by atoms with Crippen molar-refractivity contribution in [2.75, 3.05) is 13.1 Å². The maximum atomic E-state index is 11.7. The molecule has 2 rings (SSSR count). The van der Waals surface area contributed by atoms with E-state index < -0.39 is 0 Å². The van der Waals surface area contributed by atoms with E-state index in [1.807, 2.05) is 30.3 Å². The van der Waals surface area contributed by atoms with E-state index in [-0.39, 0.29) is 11.7 Å². The third-order valence-corrected chi connectivity index (χ3v) is 2.80. The fourth-order valence-corrected chi connectivity index (χ4v) is 1.93. The first-order valence-electron chi connectivity index (χ1n) is 5.08. The average molecular weight is 203 g/mol. The molecule has 0 aromatic heterocycles. The highest BCUT2D eigenvalue weighted by Crippen LogP contribution is 2.22. The van der Waals surface area contributed by atoms with Gasteiger partial charge in [0.2, 0.25) is 6.41 Å². The van der Waals surface area contributed by atoms with Gasteiger partial charge in [0, 0.05) is 19.5 Å². The molecular weight excluding hydrogens is 190 g/mol. The van der Waals surface area contributed by atoms with Gasteiger partial charge >= 0.3 is 0 Å². The fraction of sp³-hybridized carbons (Fsp3) is 0.333. The van der Waals surface area contributed by atoms with Crippen molar-refractivity contribution in [3.05, 3.63) is 35.9 Å². The Balaban J connectivity index is 2.20. The molecule has 1 aliphatic heterocycles. The minimum atomic E-state index is -0.134. The van der Waals surface area contributed by atoms with Crippen molar-refractivity contribution in [1.29, 1.82) is 0 Å². The number of piperidine rings is 1. The highest BCUT2D eigenvalue weighted by atomic mass is 16.1. The van der Waals surface area contributed by atoms with Crippen LogP contribution in [0.2, 0.25) is 0 Å². The number of rotatable bonds is 2. The molecule has 15 heavy (non-hydrogen) atoms. The number of amides is 1. The number of Topliss-reactive ketones (excluding diaryl/α,β-unsaturated/α-hetero) is 1. The van der Waals surface area contributed by atoms with E-state index in [0.717, 1.165) is 12.0 Å². The molecule has 78 valence electrons. The van der Waals surface area contributed by atoms with Gasteiger partial charge < -0.3 is 4.90 Å². The number of hydrogen-bond acceptors (Lipinski definition) is 2. The summed E-state index contributed by atoms with van der Waals surface area (Å²) in [5, 5.41) is 0. The lowest BCUT2D eigenvalue weighted by molar-refractivity contribution is -0.127. The van der Waals surface area contributed by atoms with Gasteiger partial charge in [0.1, 0.15) is 5.78 Å². The van der Waals surface area contributed by atoms with E-state index in [1.165, 1.54) is 0 Å². The van der Waals surface area contributed by atoms with Crippen LogP contribution in [0.15, 0.2) is 30.3 Å². The number of benzene rings is 1. The quantitative estimate of drug-likeness (QED) is 0.677. The van der Waals surface area contributed by atoms with Gasteiger partial charge in [-0.05, 0) is 5.56 Å². The van der Waals surface area contributed by atoms with Crippen LogP contribution in [0.1, 0.15) is 17.9 Å². The van der Waals surface area contributed by atoms with Gasteiger partial charge in [-0.25, -0.2) is 0 Å². The van der Waals surface area contributed by atoms with Gasteiger partial charge in [-0.15, -0.1) is 0 Å². The Kier molecular flexibility index (Phi) is 2.81. The van der Waals surface area contributed by atoms with E-state index >= 15 is 0 Å². The molecule has 1 aromatic rings. The van der Waals surface area contributed by atoms with Gasteiger partial charge in [-0.3, -0.25) is 9.59 Å². The summed E-state index contributed by atoms with van der Waals surface area (Å²) in [5.41, 5.74) is 1.01. The van der Waals surface area contributed by atoms with Gasteiger partial charge in [-0.1, -0.05) is 30.3 Å². The Morgan fingerprint density at radius 1 is 1.27 bits per heavy atom. The zero-order chi connectivity index (χ0) is 10.7. The molecule has 1 unspecified atom stereocenters. The predicted octanol–water partition coefficient (Wildman–Crippen LogP) is 1.20. The predicted molar refractivity (Wildman–Crippen MR) is 56.4 cm³/mol. The standard InChI is InChI=1S/C12H13NO2/c14-9-13-7-6-12(15)11(8-13)10-4-2-1-3-5-10/h1-5,9,11H,6-8H2. The summed E-state index contributed by atoms with van der Waals surface area (Å²) in [7, 11) is 0. The van der Waals surface area contributed by atoms with Crippen LogP contribution >= 0.6 is 0 Å². The van der Waals surface area contributed by atoms with Crippen LogP contribution in [0, 0.1) is 0 Å². The van der Waals surface area contributed by atoms with Crippen LogP contribution in [-0.2, 0) is 9.59 Å². The minimum Gasteiger partial charge on any atom is -0.344 e. The van der Waals surface area contributed by atoms with Crippen LogP contribution in [0.3, 0.4) is 0 Å². The second kappa shape index (κ2) is 4.26. The molecule has 1 amide bonds. The van der Waals surface area contributed by atoms with Gasteiger partial charge in [0.05, 0.1) is 5.92 Å². The molecule has 1 aromatic carbocycles. The summed E-state index contributed by atoms with van der Waals surface area (Å²) < 4.78 is 0. The fourth-order valence-electron chi connectivity index (χ4n) is 1.93. The van der Waals surface area contributed by atoms with Gasteiger partial charge in [0.15, 0.2) is 0 Å². The molecule has 0 radical (unpaired) electrons. The molecular formula is C12H13NO2. The molecule has 3 nitrogen and oxygen atoms in total. The van der Waals surface area contributed by atoms with Crippen LogP contribution in [0.25, 0.3) is 0 Å². The summed E-state index contributed by atoms with van der Waals surface area (Å²) in [6.45, 7) is 1.08. The molecule has 0 saturated carbocycles. The second-order valence-corrected chi connectivity index (χ2v) is 3.78. The third-order valence-electron chi connectivity index (χ3n) is 2.80. The Bertz CT molecular complexity index is 361. The van der Waals surface area contributed by atoms with Crippen molar-refractivity contribution < 1.29 is 9.59 Å². The van der Waals surface area contributed by atoms with E-state index in [9.17, 15) is 9.59 Å². The second-order valence-electron chi connectivity index (χ2n) is 3.78. The van der Waals surface area contributed by atoms with Crippen molar-refractivity contribution in [2.24, 2.45) is 0 Å². The number of nitrogens with zero attached hydrogens (tertiary/aromatic N) is 1. The highest BCUT2D eigenvalue weighted by Gasteiger charge is 2.27. The highest BCUT2D eigenvalue weighted by molar-refractivity contribution is 5.87.